The second-order valence-electron chi connectivity index (χ2n) is 5.08. The fourth-order valence-electron chi connectivity index (χ4n) is 2.60. The van der Waals surface area contributed by atoms with Crippen LogP contribution < -0.4 is 5.73 Å². The molecule has 0 radical (unpaired) electrons. The molecule has 0 saturated heterocycles. The minimum Gasteiger partial charge on any atom is -0.378 e. The summed E-state index contributed by atoms with van der Waals surface area (Å²) in [5.41, 5.74) is 7.28. The average molecular weight is 269 g/mol. The summed E-state index contributed by atoms with van der Waals surface area (Å²) in [6.45, 7) is 2.86. The standard InChI is InChI=1S/C14H21ClN2O/c1-2-18-13-6-10(7-13)5-12(16)8-11-3-4-17-9-14(11)15/h3-4,9-10,12-13H,2,5-8,16H2,1H3. The van der Waals surface area contributed by atoms with Crippen LogP contribution in [0.4, 0.5) is 0 Å². The summed E-state index contributed by atoms with van der Waals surface area (Å²) >= 11 is 6.08. The minimum atomic E-state index is 0.178. The van der Waals surface area contributed by atoms with E-state index in [0.717, 1.165) is 43.8 Å². The normalized spacial score (nSPS) is 24.6. The molecular weight excluding hydrogens is 248 g/mol. The Morgan fingerprint density at radius 2 is 2.33 bits per heavy atom. The third-order valence-corrected chi connectivity index (χ3v) is 3.91. The van der Waals surface area contributed by atoms with Gasteiger partial charge in [0.25, 0.3) is 0 Å². The lowest BCUT2D eigenvalue weighted by molar-refractivity contribution is -0.0280. The zero-order valence-corrected chi connectivity index (χ0v) is 11.6. The molecule has 1 saturated carbocycles. The molecule has 1 aliphatic rings. The van der Waals surface area contributed by atoms with Crippen LogP contribution in [-0.4, -0.2) is 23.7 Å². The van der Waals surface area contributed by atoms with Crippen molar-refractivity contribution in [2.75, 3.05) is 6.61 Å². The van der Waals surface area contributed by atoms with E-state index in [2.05, 4.69) is 4.98 Å². The SMILES string of the molecule is CCOC1CC(CC(N)Cc2ccncc2Cl)C1. The van der Waals surface area contributed by atoms with E-state index < -0.39 is 0 Å². The van der Waals surface area contributed by atoms with Crippen molar-refractivity contribution in [2.45, 2.75) is 44.8 Å². The number of aromatic nitrogens is 1. The van der Waals surface area contributed by atoms with Crippen molar-refractivity contribution in [1.82, 2.24) is 4.98 Å². The second kappa shape index (κ2) is 6.50. The smallest absolute Gasteiger partial charge is 0.0621 e. The van der Waals surface area contributed by atoms with Crippen LogP contribution in [0.5, 0.6) is 0 Å². The molecule has 0 aromatic carbocycles. The molecule has 0 aliphatic heterocycles. The summed E-state index contributed by atoms with van der Waals surface area (Å²) < 4.78 is 5.56. The van der Waals surface area contributed by atoms with E-state index in [-0.39, 0.29) is 6.04 Å². The molecule has 0 bridgehead atoms. The number of halogens is 1. The number of nitrogens with two attached hydrogens (primary N) is 1. The van der Waals surface area contributed by atoms with Gasteiger partial charge < -0.3 is 10.5 Å². The highest BCUT2D eigenvalue weighted by atomic mass is 35.5. The number of rotatable bonds is 6. The average Bonchev–Trinajstić information content (AvgIpc) is 2.29. The lowest BCUT2D eigenvalue weighted by atomic mass is 9.77. The highest BCUT2D eigenvalue weighted by molar-refractivity contribution is 6.31. The van der Waals surface area contributed by atoms with E-state index in [4.69, 9.17) is 22.1 Å². The summed E-state index contributed by atoms with van der Waals surface area (Å²) in [4.78, 5) is 3.98. The summed E-state index contributed by atoms with van der Waals surface area (Å²) in [6, 6.07) is 2.13. The third kappa shape index (κ3) is 3.67. The van der Waals surface area contributed by atoms with Crippen LogP contribution in [0.15, 0.2) is 18.5 Å². The maximum atomic E-state index is 6.18. The zero-order valence-electron chi connectivity index (χ0n) is 10.8. The Morgan fingerprint density at radius 1 is 1.56 bits per heavy atom. The van der Waals surface area contributed by atoms with Crippen molar-refractivity contribution in [3.05, 3.63) is 29.0 Å². The Kier molecular flexibility index (Phi) is 4.98. The molecule has 100 valence electrons. The molecule has 0 amide bonds. The van der Waals surface area contributed by atoms with Crippen molar-refractivity contribution < 1.29 is 4.74 Å². The summed E-state index contributed by atoms with van der Waals surface area (Å²) in [5, 5.41) is 0.716. The van der Waals surface area contributed by atoms with E-state index in [0.29, 0.717) is 11.1 Å². The van der Waals surface area contributed by atoms with Crippen LogP contribution in [0, 0.1) is 5.92 Å². The molecule has 2 rings (SSSR count). The van der Waals surface area contributed by atoms with Crippen LogP contribution in [-0.2, 0) is 11.2 Å². The van der Waals surface area contributed by atoms with Crippen molar-refractivity contribution in [3.8, 4) is 0 Å². The largest absolute Gasteiger partial charge is 0.378 e. The first-order valence-corrected chi connectivity index (χ1v) is 7.02. The molecule has 1 aliphatic carbocycles. The van der Waals surface area contributed by atoms with Gasteiger partial charge in [-0.2, -0.15) is 0 Å². The van der Waals surface area contributed by atoms with Gasteiger partial charge >= 0.3 is 0 Å². The van der Waals surface area contributed by atoms with Gasteiger partial charge in [-0.3, -0.25) is 4.98 Å². The molecule has 1 unspecified atom stereocenters. The van der Waals surface area contributed by atoms with Crippen LogP contribution in [0.1, 0.15) is 31.7 Å². The van der Waals surface area contributed by atoms with Gasteiger partial charge in [-0.15, -0.1) is 0 Å². The highest BCUT2D eigenvalue weighted by Crippen LogP contribution is 2.33. The van der Waals surface area contributed by atoms with E-state index in [9.17, 15) is 0 Å². The van der Waals surface area contributed by atoms with Gasteiger partial charge in [0.2, 0.25) is 0 Å². The summed E-state index contributed by atoms with van der Waals surface area (Å²) in [7, 11) is 0. The molecule has 3 nitrogen and oxygen atoms in total. The predicted octanol–water partition coefficient (Wildman–Crippen LogP) is 2.81. The van der Waals surface area contributed by atoms with Crippen molar-refractivity contribution in [2.24, 2.45) is 11.7 Å². The Hall–Kier alpha value is -0.640. The molecule has 18 heavy (non-hydrogen) atoms. The van der Waals surface area contributed by atoms with Gasteiger partial charge in [0.05, 0.1) is 11.1 Å². The van der Waals surface area contributed by atoms with Gasteiger partial charge in [-0.05, 0) is 50.2 Å². The first kappa shape index (κ1) is 13.8. The van der Waals surface area contributed by atoms with E-state index in [1.165, 1.54) is 0 Å². The van der Waals surface area contributed by atoms with Gasteiger partial charge in [0.1, 0.15) is 0 Å². The van der Waals surface area contributed by atoms with Gasteiger partial charge in [0.15, 0.2) is 0 Å². The number of hydrogen-bond donors (Lipinski definition) is 1. The molecule has 0 spiro atoms. The lowest BCUT2D eigenvalue weighted by Gasteiger charge is -2.36. The molecule has 1 aromatic heterocycles. The molecule has 1 atom stereocenters. The number of nitrogens with zero attached hydrogens (tertiary/aromatic N) is 1. The molecule has 2 N–H and O–H groups in total. The molecule has 1 aromatic rings. The van der Waals surface area contributed by atoms with Gasteiger partial charge in [-0.1, -0.05) is 11.6 Å². The fourth-order valence-corrected chi connectivity index (χ4v) is 2.80. The minimum absolute atomic E-state index is 0.178. The second-order valence-corrected chi connectivity index (χ2v) is 5.49. The van der Waals surface area contributed by atoms with Crippen LogP contribution in [0.3, 0.4) is 0 Å². The predicted molar refractivity (Wildman–Crippen MR) is 73.7 cm³/mol. The monoisotopic (exact) mass is 268 g/mol. The number of ether oxygens (including phenoxy) is 1. The van der Waals surface area contributed by atoms with E-state index >= 15 is 0 Å². The maximum absolute atomic E-state index is 6.18. The Morgan fingerprint density at radius 3 is 3.00 bits per heavy atom. The molecular formula is C14H21ClN2O. The van der Waals surface area contributed by atoms with Crippen molar-refractivity contribution >= 4 is 11.6 Å². The van der Waals surface area contributed by atoms with Crippen LogP contribution in [0.25, 0.3) is 0 Å². The zero-order chi connectivity index (χ0) is 13.0. The van der Waals surface area contributed by atoms with E-state index in [1.807, 2.05) is 13.0 Å². The van der Waals surface area contributed by atoms with Gasteiger partial charge in [-0.25, -0.2) is 0 Å². The van der Waals surface area contributed by atoms with Crippen LogP contribution in [0.2, 0.25) is 5.02 Å². The summed E-state index contributed by atoms with van der Waals surface area (Å²) in [5.74, 6) is 0.720. The Balaban J connectivity index is 1.73. The lowest BCUT2D eigenvalue weighted by Crippen LogP contribution is -2.36. The maximum Gasteiger partial charge on any atom is 0.0621 e. The molecule has 4 heteroatoms. The topological polar surface area (TPSA) is 48.1 Å². The first-order valence-electron chi connectivity index (χ1n) is 6.64. The third-order valence-electron chi connectivity index (χ3n) is 3.57. The molecule has 1 fully saturated rings. The van der Waals surface area contributed by atoms with Crippen molar-refractivity contribution in [1.29, 1.82) is 0 Å². The van der Waals surface area contributed by atoms with Gasteiger partial charge in [0, 0.05) is 25.0 Å². The quantitative estimate of drug-likeness (QED) is 0.863. The number of hydrogen-bond acceptors (Lipinski definition) is 3. The fraction of sp³-hybridized carbons (Fsp3) is 0.643. The van der Waals surface area contributed by atoms with Crippen molar-refractivity contribution in [3.63, 3.8) is 0 Å². The van der Waals surface area contributed by atoms with E-state index in [1.54, 1.807) is 12.4 Å². The highest BCUT2D eigenvalue weighted by Gasteiger charge is 2.30. The Bertz CT molecular complexity index is 380. The molecule has 1 heterocycles. The Labute approximate surface area is 114 Å². The first-order chi connectivity index (χ1) is 8.69. The van der Waals surface area contributed by atoms with Crippen LogP contribution >= 0.6 is 11.6 Å². The number of pyridine rings is 1. The summed E-state index contributed by atoms with van der Waals surface area (Å²) in [6.07, 6.45) is 8.12.